The highest BCUT2D eigenvalue weighted by atomic mass is 16.3. The molecule has 2 heterocycles. The summed E-state index contributed by atoms with van der Waals surface area (Å²) in [5, 5.41) is 11.0. The van der Waals surface area contributed by atoms with Gasteiger partial charge < -0.3 is 10.0 Å². The summed E-state index contributed by atoms with van der Waals surface area (Å²) in [5.41, 5.74) is 13.4. The van der Waals surface area contributed by atoms with E-state index >= 15 is 0 Å². The second kappa shape index (κ2) is 10.4. The molecule has 1 N–H and O–H groups in total. The Labute approximate surface area is 231 Å². The standard InChI is InChI=1S/C35H35N3O/c1-21-8-9-36-32(17-21)29-14-25(5)15-30(18-29)38(7)34-20-28(27-12-22(2)10-23(3)13-27)19-33(37-34)31-16-24(4)11-26(6)35(31)39/h8-20,39H,1-7H3. The van der Waals surface area contributed by atoms with Crippen LogP contribution in [0.25, 0.3) is 33.6 Å². The summed E-state index contributed by atoms with van der Waals surface area (Å²) in [6, 6.07) is 25.4. The van der Waals surface area contributed by atoms with Gasteiger partial charge >= 0.3 is 0 Å². The lowest BCUT2D eigenvalue weighted by atomic mass is 9.97. The van der Waals surface area contributed by atoms with Crippen molar-refractivity contribution in [1.82, 2.24) is 9.97 Å². The van der Waals surface area contributed by atoms with Crippen molar-refractivity contribution in [3.05, 3.63) is 112 Å². The van der Waals surface area contributed by atoms with Crippen molar-refractivity contribution in [2.75, 3.05) is 11.9 Å². The fraction of sp³-hybridized carbons (Fsp3) is 0.200. The van der Waals surface area contributed by atoms with Gasteiger partial charge in [0.05, 0.1) is 11.4 Å². The summed E-state index contributed by atoms with van der Waals surface area (Å²) >= 11 is 0. The smallest absolute Gasteiger partial charge is 0.134 e. The Morgan fingerprint density at radius 3 is 1.95 bits per heavy atom. The first-order valence-electron chi connectivity index (χ1n) is 13.3. The summed E-state index contributed by atoms with van der Waals surface area (Å²) in [5.74, 6) is 1.07. The van der Waals surface area contributed by atoms with Gasteiger partial charge in [-0.05, 0) is 123 Å². The monoisotopic (exact) mass is 513 g/mol. The van der Waals surface area contributed by atoms with E-state index in [1.54, 1.807) is 0 Å². The van der Waals surface area contributed by atoms with E-state index in [1.165, 1.54) is 16.7 Å². The first-order valence-corrected chi connectivity index (χ1v) is 13.3. The molecule has 0 amide bonds. The van der Waals surface area contributed by atoms with Crippen LogP contribution in [-0.4, -0.2) is 22.1 Å². The normalized spacial score (nSPS) is 11.1. The molecule has 0 radical (unpaired) electrons. The number of phenolic OH excluding ortho intramolecular Hbond substituents is 1. The zero-order valence-corrected chi connectivity index (χ0v) is 23.8. The Balaban J connectivity index is 1.69. The maximum Gasteiger partial charge on any atom is 0.134 e. The molecule has 4 nitrogen and oxygen atoms in total. The van der Waals surface area contributed by atoms with Crippen LogP contribution in [-0.2, 0) is 0 Å². The van der Waals surface area contributed by atoms with Crippen LogP contribution in [0.1, 0.15) is 33.4 Å². The van der Waals surface area contributed by atoms with E-state index in [0.717, 1.165) is 61.8 Å². The number of rotatable bonds is 5. The number of hydrogen-bond acceptors (Lipinski definition) is 4. The lowest BCUT2D eigenvalue weighted by molar-refractivity contribution is 0.473. The van der Waals surface area contributed by atoms with Crippen LogP contribution in [0.2, 0.25) is 0 Å². The molecule has 5 rings (SSSR count). The number of hydrogen-bond donors (Lipinski definition) is 1. The van der Waals surface area contributed by atoms with Gasteiger partial charge in [0, 0.05) is 30.1 Å². The number of aromatic nitrogens is 2. The first kappa shape index (κ1) is 26.2. The molecule has 5 aromatic rings. The molecule has 0 aliphatic carbocycles. The van der Waals surface area contributed by atoms with Crippen molar-refractivity contribution in [2.24, 2.45) is 0 Å². The van der Waals surface area contributed by atoms with Gasteiger partial charge in [0.25, 0.3) is 0 Å². The summed E-state index contributed by atoms with van der Waals surface area (Å²) in [7, 11) is 2.04. The van der Waals surface area contributed by atoms with Crippen LogP contribution in [0, 0.1) is 41.5 Å². The van der Waals surface area contributed by atoms with E-state index in [4.69, 9.17) is 4.98 Å². The molecule has 3 aromatic carbocycles. The van der Waals surface area contributed by atoms with E-state index < -0.39 is 0 Å². The van der Waals surface area contributed by atoms with Gasteiger partial charge in [-0.25, -0.2) is 4.98 Å². The number of pyridine rings is 2. The third-order valence-electron chi connectivity index (χ3n) is 7.09. The summed E-state index contributed by atoms with van der Waals surface area (Å²) in [6.07, 6.45) is 1.86. The van der Waals surface area contributed by atoms with Crippen LogP contribution >= 0.6 is 0 Å². The van der Waals surface area contributed by atoms with Crippen LogP contribution in [0.4, 0.5) is 11.5 Å². The first-order chi connectivity index (χ1) is 18.6. The molecule has 0 unspecified atom stereocenters. The average Bonchev–Trinajstić information content (AvgIpc) is 2.89. The molecule has 0 bridgehead atoms. The van der Waals surface area contributed by atoms with Gasteiger partial charge in [0.1, 0.15) is 11.6 Å². The number of anilines is 2. The lowest BCUT2D eigenvalue weighted by Gasteiger charge is -2.22. The van der Waals surface area contributed by atoms with Crippen molar-refractivity contribution in [3.8, 4) is 39.4 Å². The SMILES string of the molecule is Cc1cc(C)cc(-c2cc(-c3cc(C)cc(C)c3O)nc(N(C)c3cc(C)cc(-c4cc(C)ccn4)c3)c2)c1. The molecule has 2 aromatic heterocycles. The summed E-state index contributed by atoms with van der Waals surface area (Å²) in [4.78, 5) is 11.8. The fourth-order valence-corrected chi connectivity index (χ4v) is 5.22. The minimum absolute atomic E-state index is 0.266. The van der Waals surface area contributed by atoms with E-state index in [0.29, 0.717) is 0 Å². The Morgan fingerprint density at radius 1 is 0.590 bits per heavy atom. The molecule has 0 spiro atoms. The van der Waals surface area contributed by atoms with Crippen molar-refractivity contribution >= 4 is 11.5 Å². The van der Waals surface area contributed by atoms with Crippen molar-refractivity contribution in [1.29, 1.82) is 0 Å². The van der Waals surface area contributed by atoms with E-state index in [1.807, 2.05) is 45.3 Å². The highest BCUT2D eigenvalue weighted by molar-refractivity contribution is 5.80. The molecular formula is C35H35N3O. The van der Waals surface area contributed by atoms with Gasteiger partial charge in [-0.15, -0.1) is 0 Å². The van der Waals surface area contributed by atoms with Gasteiger partial charge in [-0.1, -0.05) is 35.4 Å². The quantitative estimate of drug-likeness (QED) is 0.255. The predicted molar refractivity (Wildman–Crippen MR) is 163 cm³/mol. The largest absolute Gasteiger partial charge is 0.507 e. The van der Waals surface area contributed by atoms with Crippen LogP contribution in [0.3, 0.4) is 0 Å². The number of aromatic hydroxyl groups is 1. The molecule has 0 saturated carbocycles. The van der Waals surface area contributed by atoms with Crippen LogP contribution in [0.15, 0.2) is 79.0 Å². The molecule has 4 heteroatoms. The Hall–Kier alpha value is -4.44. The fourth-order valence-electron chi connectivity index (χ4n) is 5.22. The maximum atomic E-state index is 11.0. The van der Waals surface area contributed by atoms with E-state index in [9.17, 15) is 5.11 Å². The summed E-state index contributed by atoms with van der Waals surface area (Å²) in [6.45, 7) is 12.4. The van der Waals surface area contributed by atoms with Crippen molar-refractivity contribution in [2.45, 2.75) is 41.5 Å². The number of phenols is 1. The van der Waals surface area contributed by atoms with Crippen LogP contribution in [0.5, 0.6) is 5.75 Å². The van der Waals surface area contributed by atoms with E-state index in [2.05, 4.69) is 92.2 Å². The van der Waals surface area contributed by atoms with Crippen molar-refractivity contribution < 1.29 is 5.11 Å². The third-order valence-corrected chi connectivity index (χ3v) is 7.09. The predicted octanol–water partition coefficient (Wildman–Crippen LogP) is 8.80. The zero-order valence-electron chi connectivity index (χ0n) is 23.8. The number of nitrogens with zero attached hydrogens (tertiary/aromatic N) is 3. The molecule has 0 saturated heterocycles. The minimum atomic E-state index is 0.266. The van der Waals surface area contributed by atoms with Crippen LogP contribution < -0.4 is 4.90 Å². The minimum Gasteiger partial charge on any atom is -0.507 e. The van der Waals surface area contributed by atoms with E-state index in [-0.39, 0.29) is 5.75 Å². The molecular weight excluding hydrogens is 478 g/mol. The number of aryl methyl sites for hydroxylation is 6. The highest BCUT2D eigenvalue weighted by Gasteiger charge is 2.16. The van der Waals surface area contributed by atoms with Gasteiger partial charge in [0.2, 0.25) is 0 Å². The molecule has 0 aliphatic heterocycles. The molecule has 39 heavy (non-hydrogen) atoms. The summed E-state index contributed by atoms with van der Waals surface area (Å²) < 4.78 is 0. The molecule has 0 fully saturated rings. The Morgan fingerprint density at radius 2 is 1.23 bits per heavy atom. The van der Waals surface area contributed by atoms with Gasteiger partial charge in [-0.2, -0.15) is 0 Å². The molecule has 0 aliphatic rings. The molecule has 196 valence electrons. The van der Waals surface area contributed by atoms with Crippen molar-refractivity contribution in [3.63, 3.8) is 0 Å². The highest BCUT2D eigenvalue weighted by Crippen LogP contribution is 2.38. The van der Waals surface area contributed by atoms with Gasteiger partial charge in [0.15, 0.2) is 0 Å². The second-order valence-corrected chi connectivity index (χ2v) is 10.8. The maximum absolute atomic E-state index is 11.0. The second-order valence-electron chi connectivity index (χ2n) is 10.8. The Kier molecular flexibility index (Phi) is 6.96. The average molecular weight is 514 g/mol. The number of benzene rings is 3. The zero-order chi connectivity index (χ0) is 27.8. The Bertz CT molecular complexity index is 1680. The lowest BCUT2D eigenvalue weighted by Crippen LogP contribution is -2.12. The third kappa shape index (κ3) is 5.56. The molecule has 0 atom stereocenters. The van der Waals surface area contributed by atoms with Gasteiger partial charge in [-0.3, -0.25) is 4.98 Å². The topological polar surface area (TPSA) is 49.3 Å².